The van der Waals surface area contributed by atoms with Crippen LogP contribution < -0.4 is 4.72 Å². The molecule has 5 unspecified atom stereocenters. The van der Waals surface area contributed by atoms with Crippen molar-refractivity contribution < 1.29 is 23.1 Å². The van der Waals surface area contributed by atoms with Crippen LogP contribution in [0, 0.1) is 17.8 Å². The standard InChI is InChI=1S/C13H21NO5S/c15-13(16)11-8-3-4-9(6-8)12(11)14-20(17,18)7-10-2-1-5-19-10/h8-12,14H,1-7H2,(H,15,16). The van der Waals surface area contributed by atoms with Gasteiger partial charge in [-0.2, -0.15) is 0 Å². The van der Waals surface area contributed by atoms with Gasteiger partial charge in [0.1, 0.15) is 0 Å². The molecule has 3 fully saturated rings. The van der Waals surface area contributed by atoms with E-state index < -0.39 is 28.0 Å². The summed E-state index contributed by atoms with van der Waals surface area (Å²) in [4.78, 5) is 11.4. The maximum absolute atomic E-state index is 12.2. The second kappa shape index (κ2) is 5.27. The fourth-order valence-corrected chi connectivity index (χ4v) is 5.69. The topological polar surface area (TPSA) is 92.7 Å². The molecule has 1 aliphatic heterocycles. The van der Waals surface area contributed by atoms with Crippen molar-refractivity contribution >= 4 is 16.0 Å². The van der Waals surface area contributed by atoms with Crippen LogP contribution in [0.15, 0.2) is 0 Å². The van der Waals surface area contributed by atoms with E-state index in [0.29, 0.717) is 6.61 Å². The quantitative estimate of drug-likeness (QED) is 0.775. The van der Waals surface area contributed by atoms with Crippen LogP contribution in [0.25, 0.3) is 0 Å². The Hall–Kier alpha value is -0.660. The Balaban J connectivity index is 1.67. The first-order chi connectivity index (χ1) is 9.46. The van der Waals surface area contributed by atoms with Crippen LogP contribution in [0.1, 0.15) is 32.1 Å². The van der Waals surface area contributed by atoms with Gasteiger partial charge in [-0.25, -0.2) is 13.1 Å². The fourth-order valence-electron chi connectivity index (χ4n) is 4.09. The molecule has 3 aliphatic rings. The first kappa shape index (κ1) is 14.3. The smallest absolute Gasteiger partial charge is 0.308 e. The molecule has 0 spiro atoms. The number of fused-ring (bicyclic) bond motifs is 2. The Bertz CT molecular complexity index is 485. The highest BCUT2D eigenvalue weighted by atomic mass is 32.2. The number of rotatable bonds is 5. The average molecular weight is 303 g/mol. The van der Waals surface area contributed by atoms with Gasteiger partial charge in [-0.3, -0.25) is 4.79 Å². The van der Waals surface area contributed by atoms with Gasteiger partial charge in [0.2, 0.25) is 10.0 Å². The highest BCUT2D eigenvalue weighted by Crippen LogP contribution is 2.48. The van der Waals surface area contributed by atoms with E-state index in [0.717, 1.165) is 32.1 Å². The van der Waals surface area contributed by atoms with Crippen LogP contribution in [-0.4, -0.2) is 44.0 Å². The van der Waals surface area contributed by atoms with Gasteiger partial charge >= 0.3 is 5.97 Å². The summed E-state index contributed by atoms with van der Waals surface area (Å²) in [6.07, 6.45) is 4.10. The average Bonchev–Trinajstić information content (AvgIpc) is 3.03. The minimum Gasteiger partial charge on any atom is -0.481 e. The van der Waals surface area contributed by atoms with E-state index >= 15 is 0 Å². The number of hydrogen-bond donors (Lipinski definition) is 2. The van der Waals surface area contributed by atoms with Crippen LogP contribution in [0.5, 0.6) is 0 Å². The number of carbonyl (C=O) groups is 1. The van der Waals surface area contributed by atoms with Crippen molar-refractivity contribution in [3.8, 4) is 0 Å². The fraction of sp³-hybridized carbons (Fsp3) is 0.923. The van der Waals surface area contributed by atoms with E-state index in [9.17, 15) is 18.3 Å². The van der Waals surface area contributed by atoms with Gasteiger partial charge in [-0.1, -0.05) is 0 Å². The molecule has 7 heteroatoms. The van der Waals surface area contributed by atoms with Gasteiger partial charge in [0.25, 0.3) is 0 Å². The van der Waals surface area contributed by atoms with E-state index in [1.807, 2.05) is 0 Å². The maximum Gasteiger partial charge on any atom is 0.308 e. The van der Waals surface area contributed by atoms with Crippen molar-refractivity contribution in [2.75, 3.05) is 12.4 Å². The summed E-state index contributed by atoms with van der Waals surface area (Å²) >= 11 is 0. The van der Waals surface area contributed by atoms with Gasteiger partial charge < -0.3 is 9.84 Å². The zero-order chi connectivity index (χ0) is 14.3. The minimum absolute atomic E-state index is 0.0484. The Labute approximate surface area is 118 Å². The van der Waals surface area contributed by atoms with Crippen molar-refractivity contribution in [1.29, 1.82) is 0 Å². The van der Waals surface area contributed by atoms with E-state index in [4.69, 9.17) is 4.74 Å². The lowest BCUT2D eigenvalue weighted by atomic mass is 9.85. The third-order valence-electron chi connectivity index (χ3n) is 4.95. The predicted molar refractivity (Wildman–Crippen MR) is 71.6 cm³/mol. The molecule has 114 valence electrons. The Kier molecular flexibility index (Phi) is 3.77. The molecule has 20 heavy (non-hydrogen) atoms. The molecule has 2 N–H and O–H groups in total. The monoisotopic (exact) mass is 303 g/mol. The molecule has 2 bridgehead atoms. The second-order valence-corrected chi connectivity index (χ2v) is 8.06. The van der Waals surface area contributed by atoms with Crippen LogP contribution in [0.3, 0.4) is 0 Å². The van der Waals surface area contributed by atoms with E-state index in [2.05, 4.69) is 4.72 Å². The number of carboxylic acid groups (broad SMARTS) is 1. The normalized spacial score (nSPS) is 40.3. The molecule has 2 saturated carbocycles. The van der Waals surface area contributed by atoms with Gasteiger partial charge in [0.05, 0.1) is 17.8 Å². The van der Waals surface area contributed by atoms with Crippen LogP contribution in [0.2, 0.25) is 0 Å². The molecular weight excluding hydrogens is 282 g/mol. The molecular formula is C13H21NO5S. The molecule has 0 aromatic heterocycles. The second-order valence-electron chi connectivity index (χ2n) is 6.26. The summed E-state index contributed by atoms with van der Waals surface area (Å²) in [5.41, 5.74) is 0. The molecule has 6 nitrogen and oxygen atoms in total. The molecule has 0 amide bonds. The number of aliphatic carboxylic acids is 1. The van der Waals surface area contributed by atoms with Crippen molar-refractivity contribution in [3.05, 3.63) is 0 Å². The molecule has 0 aromatic carbocycles. The molecule has 1 saturated heterocycles. The first-order valence-corrected chi connectivity index (χ1v) is 8.96. The van der Waals surface area contributed by atoms with Crippen molar-refractivity contribution in [3.63, 3.8) is 0 Å². The Morgan fingerprint density at radius 1 is 1.25 bits per heavy atom. The molecule has 3 rings (SSSR count). The first-order valence-electron chi connectivity index (χ1n) is 7.31. The van der Waals surface area contributed by atoms with E-state index in [-0.39, 0.29) is 23.7 Å². The lowest BCUT2D eigenvalue weighted by Crippen LogP contribution is -2.48. The van der Waals surface area contributed by atoms with E-state index in [1.165, 1.54) is 0 Å². The summed E-state index contributed by atoms with van der Waals surface area (Å²) in [7, 11) is -3.48. The van der Waals surface area contributed by atoms with Crippen molar-refractivity contribution in [2.24, 2.45) is 17.8 Å². The lowest BCUT2D eigenvalue weighted by Gasteiger charge is -2.29. The number of hydrogen-bond acceptors (Lipinski definition) is 4. The molecule has 2 aliphatic carbocycles. The summed E-state index contributed by atoms with van der Waals surface area (Å²) in [6, 6.07) is -0.433. The van der Waals surface area contributed by atoms with E-state index in [1.54, 1.807) is 0 Å². The Morgan fingerprint density at radius 3 is 2.65 bits per heavy atom. The predicted octanol–water partition coefficient (Wildman–Crippen LogP) is 0.584. The summed E-state index contributed by atoms with van der Waals surface area (Å²) in [5.74, 6) is -1.17. The third-order valence-corrected chi connectivity index (χ3v) is 6.39. The number of carboxylic acids is 1. The summed E-state index contributed by atoms with van der Waals surface area (Å²) < 4.78 is 32.4. The highest BCUT2D eigenvalue weighted by Gasteiger charge is 2.52. The minimum atomic E-state index is -3.48. The third kappa shape index (κ3) is 2.71. The van der Waals surface area contributed by atoms with Crippen LogP contribution in [-0.2, 0) is 19.6 Å². The molecule has 5 atom stereocenters. The van der Waals surface area contributed by atoms with Gasteiger partial charge in [-0.05, 0) is 43.9 Å². The zero-order valence-corrected chi connectivity index (χ0v) is 12.1. The lowest BCUT2D eigenvalue weighted by molar-refractivity contribution is -0.144. The highest BCUT2D eigenvalue weighted by molar-refractivity contribution is 7.89. The zero-order valence-electron chi connectivity index (χ0n) is 11.3. The number of nitrogens with one attached hydrogen (secondary N) is 1. The molecule has 0 radical (unpaired) electrons. The van der Waals surface area contributed by atoms with Crippen molar-refractivity contribution in [2.45, 2.75) is 44.2 Å². The van der Waals surface area contributed by atoms with Gasteiger partial charge in [-0.15, -0.1) is 0 Å². The molecule has 1 heterocycles. The summed E-state index contributed by atoms with van der Waals surface area (Å²) in [6.45, 7) is 0.617. The number of sulfonamides is 1. The maximum atomic E-state index is 12.2. The molecule has 0 aromatic rings. The SMILES string of the molecule is O=C(O)C1C2CCC(C2)C1NS(=O)(=O)CC1CCCO1. The van der Waals surface area contributed by atoms with Gasteiger partial charge in [0, 0.05) is 12.6 Å². The summed E-state index contributed by atoms with van der Waals surface area (Å²) in [5, 5.41) is 9.33. The largest absolute Gasteiger partial charge is 0.481 e. The van der Waals surface area contributed by atoms with Gasteiger partial charge in [0.15, 0.2) is 0 Å². The van der Waals surface area contributed by atoms with Crippen LogP contribution in [0.4, 0.5) is 0 Å². The number of ether oxygens (including phenoxy) is 1. The van der Waals surface area contributed by atoms with Crippen LogP contribution >= 0.6 is 0 Å². The van der Waals surface area contributed by atoms with Crippen molar-refractivity contribution in [1.82, 2.24) is 4.72 Å². The Morgan fingerprint density at radius 2 is 2.00 bits per heavy atom.